The van der Waals surface area contributed by atoms with Crippen molar-refractivity contribution in [2.45, 2.75) is 58.3 Å². The van der Waals surface area contributed by atoms with Crippen molar-refractivity contribution in [2.24, 2.45) is 0 Å². The molecule has 2 N–H and O–H groups in total. The van der Waals surface area contributed by atoms with Crippen LogP contribution in [0.25, 0.3) is 0 Å². The molecule has 0 unspecified atom stereocenters. The maximum absolute atomic E-state index is 10.5. The molecular formula is C21H28O2. The van der Waals surface area contributed by atoms with Gasteiger partial charge in [-0.1, -0.05) is 65.0 Å². The molecule has 2 aromatic rings. The monoisotopic (exact) mass is 312 g/mol. The zero-order valence-corrected chi connectivity index (χ0v) is 14.9. The van der Waals surface area contributed by atoms with Gasteiger partial charge in [0.1, 0.15) is 11.5 Å². The molecule has 2 heteroatoms. The van der Waals surface area contributed by atoms with Crippen LogP contribution in [-0.2, 0) is 17.3 Å². The third kappa shape index (κ3) is 4.07. The molecule has 0 aromatic heterocycles. The van der Waals surface area contributed by atoms with Crippen LogP contribution in [-0.4, -0.2) is 10.2 Å². The van der Waals surface area contributed by atoms with Gasteiger partial charge >= 0.3 is 0 Å². The molecule has 0 aliphatic carbocycles. The lowest BCUT2D eigenvalue weighted by Crippen LogP contribution is -2.19. The van der Waals surface area contributed by atoms with E-state index in [4.69, 9.17) is 0 Å². The van der Waals surface area contributed by atoms with Gasteiger partial charge in [-0.2, -0.15) is 0 Å². The summed E-state index contributed by atoms with van der Waals surface area (Å²) in [7, 11) is 0. The van der Waals surface area contributed by atoms with Crippen molar-refractivity contribution in [3.63, 3.8) is 0 Å². The van der Waals surface area contributed by atoms with Gasteiger partial charge in [-0.05, 0) is 41.4 Å². The predicted molar refractivity (Wildman–Crippen MR) is 96.3 cm³/mol. The maximum Gasteiger partial charge on any atom is 0.119 e. The molecule has 0 atom stereocenters. The van der Waals surface area contributed by atoms with Crippen LogP contribution in [0.3, 0.4) is 0 Å². The van der Waals surface area contributed by atoms with Gasteiger partial charge in [0.05, 0.1) is 0 Å². The molecule has 2 nitrogen and oxygen atoms in total. The number of phenolic OH excluding ortho intramolecular Hbond substituents is 2. The highest BCUT2D eigenvalue weighted by Gasteiger charge is 2.27. The van der Waals surface area contributed by atoms with E-state index < -0.39 is 0 Å². The second-order valence-electron chi connectivity index (χ2n) is 8.01. The van der Waals surface area contributed by atoms with Crippen molar-refractivity contribution in [3.8, 4) is 11.5 Å². The zero-order chi connectivity index (χ0) is 17.3. The molecule has 2 rings (SSSR count). The number of benzene rings is 2. The van der Waals surface area contributed by atoms with E-state index in [1.165, 1.54) is 5.56 Å². The van der Waals surface area contributed by atoms with Crippen molar-refractivity contribution in [3.05, 3.63) is 59.2 Å². The van der Waals surface area contributed by atoms with Crippen LogP contribution in [0.15, 0.2) is 42.5 Å². The Morgan fingerprint density at radius 1 is 0.783 bits per heavy atom. The smallest absolute Gasteiger partial charge is 0.119 e. The van der Waals surface area contributed by atoms with Crippen LogP contribution in [0.2, 0.25) is 0 Å². The number of rotatable bonds is 4. The fourth-order valence-electron chi connectivity index (χ4n) is 2.96. The zero-order valence-electron chi connectivity index (χ0n) is 14.9. The van der Waals surface area contributed by atoms with Crippen LogP contribution in [0, 0.1) is 0 Å². The van der Waals surface area contributed by atoms with Crippen LogP contribution >= 0.6 is 0 Å². The Kier molecular flexibility index (Phi) is 4.74. The van der Waals surface area contributed by atoms with E-state index in [-0.39, 0.29) is 22.3 Å². The molecule has 0 aliphatic heterocycles. The molecule has 0 heterocycles. The molecule has 0 saturated carbocycles. The number of aromatic hydroxyl groups is 2. The van der Waals surface area contributed by atoms with Gasteiger partial charge in [-0.15, -0.1) is 0 Å². The average molecular weight is 312 g/mol. The normalized spacial score (nSPS) is 12.4. The molecule has 0 amide bonds. The third-order valence-electron chi connectivity index (χ3n) is 4.53. The lowest BCUT2D eigenvalue weighted by atomic mass is 9.77. The lowest BCUT2D eigenvalue weighted by Gasteiger charge is -2.29. The van der Waals surface area contributed by atoms with Crippen molar-refractivity contribution in [1.29, 1.82) is 0 Å². The maximum atomic E-state index is 10.5. The van der Waals surface area contributed by atoms with Gasteiger partial charge in [0.2, 0.25) is 0 Å². The molecule has 0 aliphatic rings. The lowest BCUT2D eigenvalue weighted by molar-refractivity contribution is 0.402. The van der Waals surface area contributed by atoms with E-state index in [9.17, 15) is 10.2 Å². The number of hydrogen-bond acceptors (Lipinski definition) is 2. The van der Waals surface area contributed by atoms with E-state index in [2.05, 4.69) is 26.0 Å². The molecule has 0 bridgehead atoms. The van der Waals surface area contributed by atoms with E-state index in [1.807, 2.05) is 39.0 Å². The summed E-state index contributed by atoms with van der Waals surface area (Å²) < 4.78 is 0. The van der Waals surface area contributed by atoms with Gasteiger partial charge in [-0.25, -0.2) is 0 Å². The predicted octanol–water partition coefficient (Wildman–Crippen LogP) is 5.31. The minimum atomic E-state index is -0.214. The highest BCUT2D eigenvalue weighted by Crippen LogP contribution is 2.41. The Balaban J connectivity index is 2.27. The number of phenols is 2. The van der Waals surface area contributed by atoms with Crippen molar-refractivity contribution >= 4 is 0 Å². The van der Waals surface area contributed by atoms with Gasteiger partial charge in [0.25, 0.3) is 0 Å². The van der Waals surface area contributed by atoms with Crippen molar-refractivity contribution in [2.75, 3.05) is 0 Å². The standard InChI is InChI=1S/C21H28O2/c1-20(2,3)16-13-19(23)17(14-18(16)22)21(4,5)12-11-15-9-7-6-8-10-15/h6-10,13-14,22-23H,11-12H2,1-5H3. The number of aryl methyl sites for hydroxylation is 1. The van der Waals surface area contributed by atoms with Crippen LogP contribution in [0.4, 0.5) is 0 Å². The summed E-state index contributed by atoms with van der Waals surface area (Å²) in [5.74, 6) is 0.531. The summed E-state index contributed by atoms with van der Waals surface area (Å²) in [6.07, 6.45) is 1.84. The molecule has 23 heavy (non-hydrogen) atoms. The topological polar surface area (TPSA) is 40.5 Å². The summed E-state index contributed by atoms with van der Waals surface area (Å²) in [6.45, 7) is 10.3. The molecule has 0 spiro atoms. The van der Waals surface area contributed by atoms with Gasteiger partial charge in [0.15, 0.2) is 0 Å². The van der Waals surface area contributed by atoms with Crippen molar-refractivity contribution in [1.82, 2.24) is 0 Å². The quantitative estimate of drug-likeness (QED) is 0.751. The van der Waals surface area contributed by atoms with Crippen LogP contribution in [0.1, 0.15) is 57.7 Å². The van der Waals surface area contributed by atoms with E-state index in [1.54, 1.807) is 12.1 Å². The molecule has 0 radical (unpaired) electrons. The average Bonchev–Trinajstić information content (AvgIpc) is 2.47. The first kappa shape index (κ1) is 17.4. The summed E-state index contributed by atoms with van der Waals surface area (Å²) in [5, 5.41) is 20.9. The summed E-state index contributed by atoms with van der Waals surface area (Å²) in [5.41, 5.74) is 2.45. The van der Waals surface area contributed by atoms with E-state index in [0.29, 0.717) is 0 Å². The Labute approximate surface area is 139 Å². The van der Waals surface area contributed by atoms with E-state index in [0.717, 1.165) is 24.0 Å². The highest BCUT2D eigenvalue weighted by molar-refractivity contribution is 5.50. The Morgan fingerprint density at radius 3 is 1.87 bits per heavy atom. The SMILES string of the molecule is CC(C)(C)c1cc(O)c(C(C)(C)CCc2ccccc2)cc1O. The molecule has 0 fully saturated rings. The molecule has 124 valence electrons. The third-order valence-corrected chi connectivity index (χ3v) is 4.53. The second kappa shape index (κ2) is 6.27. The van der Waals surface area contributed by atoms with Gasteiger partial charge in [-0.3, -0.25) is 0 Å². The minimum absolute atomic E-state index is 0.200. The second-order valence-corrected chi connectivity index (χ2v) is 8.01. The Hall–Kier alpha value is -1.96. The molecular weight excluding hydrogens is 284 g/mol. The van der Waals surface area contributed by atoms with Crippen LogP contribution in [0.5, 0.6) is 11.5 Å². The first-order valence-electron chi connectivity index (χ1n) is 8.22. The minimum Gasteiger partial charge on any atom is -0.508 e. The molecule has 2 aromatic carbocycles. The number of hydrogen-bond donors (Lipinski definition) is 2. The van der Waals surface area contributed by atoms with Gasteiger partial charge in [0, 0.05) is 11.1 Å². The fraction of sp³-hybridized carbons (Fsp3) is 0.429. The first-order chi connectivity index (χ1) is 10.6. The van der Waals surface area contributed by atoms with Crippen LogP contribution < -0.4 is 0 Å². The summed E-state index contributed by atoms with van der Waals surface area (Å²) >= 11 is 0. The summed E-state index contributed by atoms with van der Waals surface area (Å²) in [4.78, 5) is 0. The largest absolute Gasteiger partial charge is 0.508 e. The Bertz CT molecular complexity index is 664. The summed E-state index contributed by atoms with van der Waals surface area (Å²) in [6, 6.07) is 13.8. The fourth-order valence-corrected chi connectivity index (χ4v) is 2.96. The van der Waals surface area contributed by atoms with E-state index >= 15 is 0 Å². The van der Waals surface area contributed by atoms with Gasteiger partial charge < -0.3 is 10.2 Å². The first-order valence-corrected chi connectivity index (χ1v) is 8.22. The highest BCUT2D eigenvalue weighted by atomic mass is 16.3. The Morgan fingerprint density at radius 2 is 1.30 bits per heavy atom. The van der Waals surface area contributed by atoms with Crippen molar-refractivity contribution < 1.29 is 10.2 Å². The molecule has 0 saturated heterocycles.